The van der Waals surface area contributed by atoms with E-state index in [9.17, 15) is 4.79 Å². The van der Waals surface area contributed by atoms with Gasteiger partial charge < -0.3 is 14.0 Å². The van der Waals surface area contributed by atoms with Crippen molar-refractivity contribution in [1.29, 1.82) is 0 Å². The van der Waals surface area contributed by atoms with Crippen molar-refractivity contribution in [2.24, 2.45) is 0 Å². The van der Waals surface area contributed by atoms with Gasteiger partial charge in [0, 0.05) is 12.0 Å². The minimum Gasteiger partial charge on any atom is -0.457 e. The van der Waals surface area contributed by atoms with Crippen molar-refractivity contribution in [3.63, 3.8) is 0 Å². The monoisotopic (exact) mass is 454 g/mol. The smallest absolute Gasteiger partial charge is 0.308 e. The van der Waals surface area contributed by atoms with Crippen molar-refractivity contribution in [3.8, 4) is 5.75 Å². The molecule has 4 heteroatoms. The fourth-order valence-corrected chi connectivity index (χ4v) is 4.10. The molecule has 4 nitrogen and oxygen atoms in total. The topological polar surface area (TPSA) is 35.5 Å². The number of nitrogens with zero attached hydrogens (tertiary/aromatic N) is 1. The van der Waals surface area contributed by atoms with Gasteiger partial charge in [-0.3, -0.25) is 4.79 Å². The van der Waals surface area contributed by atoms with Crippen LogP contribution in [0.15, 0.2) is 54.6 Å². The molecule has 0 aromatic heterocycles. The zero-order valence-corrected chi connectivity index (χ0v) is 21.1. The molecule has 2 aromatic carbocycles. The van der Waals surface area contributed by atoms with E-state index in [1.165, 1.54) is 49.7 Å². The van der Waals surface area contributed by atoms with Crippen LogP contribution in [0.4, 0.5) is 0 Å². The number of unbranched alkanes of at least 4 members (excludes halogenated alkanes) is 6. The maximum absolute atomic E-state index is 12.1. The highest BCUT2D eigenvalue weighted by atomic mass is 16.7. The Morgan fingerprint density at radius 2 is 1.55 bits per heavy atom. The molecule has 0 N–H and O–H groups in total. The zero-order valence-electron chi connectivity index (χ0n) is 21.1. The quantitative estimate of drug-likeness (QED) is 0.113. The van der Waals surface area contributed by atoms with Crippen molar-refractivity contribution in [1.82, 2.24) is 0 Å². The highest BCUT2D eigenvalue weighted by Crippen LogP contribution is 2.17. The highest BCUT2D eigenvalue weighted by Gasteiger charge is 2.15. The Bertz CT molecular complexity index is 788. The lowest BCUT2D eigenvalue weighted by molar-refractivity contribution is -0.903. The van der Waals surface area contributed by atoms with Crippen LogP contribution in [0.5, 0.6) is 5.75 Å². The number of esters is 1. The summed E-state index contributed by atoms with van der Waals surface area (Å²) in [7, 11) is 4.47. The first-order chi connectivity index (χ1) is 16.0. The van der Waals surface area contributed by atoms with Crippen LogP contribution >= 0.6 is 0 Å². The molecule has 2 aromatic rings. The lowest BCUT2D eigenvalue weighted by Crippen LogP contribution is -2.39. The lowest BCUT2D eigenvalue weighted by Gasteiger charge is -2.30. The van der Waals surface area contributed by atoms with Gasteiger partial charge in [-0.2, -0.15) is 0 Å². The van der Waals surface area contributed by atoms with E-state index in [1.807, 2.05) is 18.2 Å². The highest BCUT2D eigenvalue weighted by molar-refractivity contribution is 5.69. The molecular formula is C29H44NO3+. The zero-order chi connectivity index (χ0) is 23.8. The van der Waals surface area contributed by atoms with Crippen molar-refractivity contribution >= 4 is 5.97 Å². The van der Waals surface area contributed by atoms with Gasteiger partial charge in [0.1, 0.15) is 12.3 Å². The Balaban J connectivity index is 1.56. The second-order valence-electron chi connectivity index (χ2n) is 9.70. The van der Waals surface area contributed by atoms with E-state index in [0.717, 1.165) is 42.6 Å². The number of carbonyl (C=O) groups is 1. The summed E-state index contributed by atoms with van der Waals surface area (Å²) in [6.07, 6.45) is 11.1. The van der Waals surface area contributed by atoms with Gasteiger partial charge in [0.05, 0.1) is 20.6 Å². The number of hydrogen-bond acceptors (Lipinski definition) is 3. The molecule has 0 saturated heterocycles. The average molecular weight is 455 g/mol. The Kier molecular flexibility index (Phi) is 12.6. The minimum atomic E-state index is -0.188. The number of rotatable bonds is 17. The van der Waals surface area contributed by atoms with Gasteiger partial charge in [0.2, 0.25) is 6.79 Å². The predicted molar refractivity (Wildman–Crippen MR) is 136 cm³/mol. The number of aryl methyl sites for hydroxylation is 1. The second kappa shape index (κ2) is 15.5. The van der Waals surface area contributed by atoms with Crippen LogP contribution in [0.3, 0.4) is 0 Å². The van der Waals surface area contributed by atoms with Crippen LogP contribution in [0.25, 0.3) is 0 Å². The Morgan fingerprint density at radius 3 is 2.33 bits per heavy atom. The van der Waals surface area contributed by atoms with Crippen LogP contribution in [0, 0.1) is 0 Å². The van der Waals surface area contributed by atoms with Gasteiger partial charge in [-0.25, -0.2) is 0 Å². The average Bonchev–Trinajstić information content (AvgIpc) is 2.80. The molecule has 0 heterocycles. The van der Waals surface area contributed by atoms with E-state index in [4.69, 9.17) is 9.47 Å². The maximum Gasteiger partial charge on any atom is 0.308 e. The summed E-state index contributed by atoms with van der Waals surface area (Å²) >= 11 is 0. The maximum atomic E-state index is 12.1. The fourth-order valence-electron chi connectivity index (χ4n) is 4.10. The molecule has 33 heavy (non-hydrogen) atoms. The second-order valence-corrected chi connectivity index (χ2v) is 9.70. The fraction of sp³-hybridized carbons (Fsp3) is 0.552. The van der Waals surface area contributed by atoms with Crippen molar-refractivity contribution in [3.05, 3.63) is 65.7 Å². The van der Waals surface area contributed by atoms with Crippen LogP contribution in [0.1, 0.15) is 75.8 Å². The molecule has 0 fully saturated rings. The number of quaternary nitrogens is 1. The van der Waals surface area contributed by atoms with Gasteiger partial charge in [0.15, 0.2) is 0 Å². The SMILES string of the molecule is CCCCCCCCc1cccc(OCOC(=O)CCCC[N+](C)(C)Cc2ccccc2)c1. The van der Waals surface area contributed by atoms with Crippen LogP contribution in [-0.4, -0.2) is 37.9 Å². The van der Waals surface area contributed by atoms with Crippen LogP contribution < -0.4 is 4.74 Å². The Morgan fingerprint density at radius 1 is 0.818 bits per heavy atom. The third-order valence-corrected chi connectivity index (χ3v) is 6.01. The molecule has 2 rings (SSSR count). The Hall–Kier alpha value is -2.33. The molecule has 0 saturated carbocycles. The van der Waals surface area contributed by atoms with Crippen LogP contribution in [0.2, 0.25) is 0 Å². The Labute approximate surface area is 201 Å². The van der Waals surface area contributed by atoms with Gasteiger partial charge in [-0.1, -0.05) is 81.5 Å². The summed E-state index contributed by atoms with van der Waals surface area (Å²) in [6.45, 7) is 4.26. The van der Waals surface area contributed by atoms with Crippen molar-refractivity contribution in [2.75, 3.05) is 27.4 Å². The van der Waals surface area contributed by atoms with E-state index in [2.05, 4.69) is 57.4 Å². The molecular weight excluding hydrogens is 410 g/mol. The minimum absolute atomic E-state index is 0.0190. The largest absolute Gasteiger partial charge is 0.457 e. The molecule has 0 aliphatic heterocycles. The molecule has 0 unspecified atom stereocenters. The standard InChI is InChI=1S/C29H44NO3/c1-4-5-6-7-8-10-16-26-19-15-20-28(23-26)32-25-33-29(31)21-13-14-22-30(2,3)24-27-17-11-9-12-18-27/h9,11-12,15,17-20,23H,4-8,10,13-14,16,21-22,24-25H2,1-3H3/q+1. The first-order valence-electron chi connectivity index (χ1n) is 12.7. The molecule has 0 aliphatic rings. The molecule has 0 amide bonds. The van der Waals surface area contributed by atoms with E-state index in [0.29, 0.717) is 6.42 Å². The normalized spacial score (nSPS) is 11.4. The first-order valence-corrected chi connectivity index (χ1v) is 12.7. The molecule has 0 radical (unpaired) electrons. The number of hydrogen-bond donors (Lipinski definition) is 0. The van der Waals surface area contributed by atoms with E-state index < -0.39 is 0 Å². The van der Waals surface area contributed by atoms with Gasteiger partial charge in [-0.05, 0) is 43.4 Å². The molecule has 0 spiro atoms. The van der Waals surface area contributed by atoms with E-state index in [1.54, 1.807) is 0 Å². The summed E-state index contributed by atoms with van der Waals surface area (Å²) in [5.74, 6) is 0.581. The third kappa shape index (κ3) is 12.5. The summed E-state index contributed by atoms with van der Waals surface area (Å²) in [4.78, 5) is 12.1. The molecule has 0 atom stereocenters. The van der Waals surface area contributed by atoms with Crippen molar-refractivity contribution in [2.45, 2.75) is 77.7 Å². The molecule has 0 bridgehead atoms. The van der Waals surface area contributed by atoms with E-state index >= 15 is 0 Å². The molecule has 0 aliphatic carbocycles. The lowest BCUT2D eigenvalue weighted by atomic mass is 10.0. The number of ether oxygens (including phenoxy) is 2. The van der Waals surface area contributed by atoms with E-state index in [-0.39, 0.29) is 12.8 Å². The first kappa shape index (κ1) is 26.9. The summed E-state index contributed by atoms with van der Waals surface area (Å²) in [5.41, 5.74) is 2.63. The summed E-state index contributed by atoms with van der Waals surface area (Å²) in [6, 6.07) is 18.7. The number of benzene rings is 2. The van der Waals surface area contributed by atoms with Gasteiger partial charge in [0.25, 0.3) is 0 Å². The van der Waals surface area contributed by atoms with Crippen LogP contribution in [-0.2, 0) is 22.5 Å². The molecule has 182 valence electrons. The van der Waals surface area contributed by atoms with Gasteiger partial charge >= 0.3 is 5.97 Å². The summed E-state index contributed by atoms with van der Waals surface area (Å²) in [5, 5.41) is 0. The van der Waals surface area contributed by atoms with Gasteiger partial charge in [-0.15, -0.1) is 0 Å². The van der Waals surface area contributed by atoms with Crippen molar-refractivity contribution < 1.29 is 18.8 Å². The number of carbonyl (C=O) groups excluding carboxylic acids is 1. The third-order valence-electron chi connectivity index (χ3n) is 6.01. The summed E-state index contributed by atoms with van der Waals surface area (Å²) < 4.78 is 11.9. The predicted octanol–water partition coefficient (Wildman–Crippen LogP) is 6.92.